The van der Waals surface area contributed by atoms with Crippen LogP contribution in [0.2, 0.25) is 0 Å². The van der Waals surface area contributed by atoms with Gasteiger partial charge in [-0.05, 0) is 29.8 Å². The second-order valence-electron chi connectivity index (χ2n) is 5.05. The Kier molecular flexibility index (Phi) is 5.29. The number of rotatable bonds is 6. The van der Waals surface area contributed by atoms with Crippen LogP contribution >= 0.6 is 0 Å². The molecule has 2 heterocycles. The number of amides is 1. The van der Waals surface area contributed by atoms with Crippen LogP contribution in [0.1, 0.15) is 13.8 Å². The zero-order valence-corrected chi connectivity index (χ0v) is 13.4. The van der Waals surface area contributed by atoms with Crippen molar-refractivity contribution in [2.24, 2.45) is 0 Å². The molecule has 0 bridgehead atoms. The van der Waals surface area contributed by atoms with Gasteiger partial charge < -0.3 is 24.3 Å². The first-order chi connectivity index (χ1) is 11.4. The number of carbonyl (C=O) groups excluding carboxylic acids is 2. The quantitative estimate of drug-likeness (QED) is 0.321. The smallest absolute Gasteiger partial charge is 0.366 e. The second-order valence-corrected chi connectivity index (χ2v) is 5.05. The Bertz CT molecular complexity index is 664. The molecule has 1 amide bonds. The predicted molar refractivity (Wildman–Crippen MR) is 80.8 cm³/mol. The van der Waals surface area contributed by atoms with E-state index in [-0.39, 0.29) is 24.8 Å². The summed E-state index contributed by atoms with van der Waals surface area (Å²) in [6.07, 6.45) is -0.852. The van der Waals surface area contributed by atoms with Crippen molar-refractivity contribution in [3.63, 3.8) is 0 Å². The Balaban J connectivity index is 2.34. The van der Waals surface area contributed by atoms with Crippen LogP contribution < -0.4 is 9.64 Å². The Morgan fingerprint density at radius 2 is 2.21 bits per heavy atom. The lowest BCUT2D eigenvalue weighted by molar-refractivity contribution is -0.389. The summed E-state index contributed by atoms with van der Waals surface area (Å²) in [6, 6.07) is 1.49. The Labute approximate surface area is 137 Å². The summed E-state index contributed by atoms with van der Waals surface area (Å²) >= 11 is 0. The van der Waals surface area contributed by atoms with Gasteiger partial charge in [0, 0.05) is 13.2 Å². The maximum absolute atomic E-state index is 12.4. The third-order valence-corrected chi connectivity index (χ3v) is 3.39. The van der Waals surface area contributed by atoms with Crippen molar-refractivity contribution in [2.75, 3.05) is 25.2 Å². The van der Waals surface area contributed by atoms with Crippen molar-refractivity contribution in [3.8, 4) is 5.75 Å². The third-order valence-electron chi connectivity index (χ3n) is 3.39. The molecule has 0 fully saturated rings. The van der Waals surface area contributed by atoms with Crippen molar-refractivity contribution in [1.29, 1.82) is 0 Å². The van der Waals surface area contributed by atoms with E-state index in [4.69, 9.17) is 14.2 Å². The van der Waals surface area contributed by atoms with E-state index >= 15 is 0 Å². The van der Waals surface area contributed by atoms with E-state index < -0.39 is 34.8 Å². The third kappa shape index (κ3) is 3.43. The van der Waals surface area contributed by atoms with Crippen LogP contribution in [0.3, 0.4) is 0 Å². The lowest BCUT2D eigenvalue weighted by Gasteiger charge is -2.32. The molecule has 1 aromatic rings. The molecular weight excluding hydrogens is 322 g/mol. The van der Waals surface area contributed by atoms with Gasteiger partial charge in [-0.25, -0.2) is 4.79 Å². The van der Waals surface area contributed by atoms with Gasteiger partial charge in [-0.15, -0.1) is 0 Å². The zero-order valence-electron chi connectivity index (χ0n) is 13.4. The minimum absolute atomic E-state index is 0.0307. The number of esters is 1. The van der Waals surface area contributed by atoms with Gasteiger partial charge in [0.15, 0.2) is 11.9 Å². The van der Waals surface area contributed by atoms with Crippen LogP contribution in [0.25, 0.3) is 0 Å². The van der Waals surface area contributed by atoms with Crippen molar-refractivity contribution >= 4 is 23.5 Å². The lowest BCUT2D eigenvalue weighted by atomic mass is 10.2. The lowest BCUT2D eigenvalue weighted by Crippen LogP contribution is -2.52. The van der Waals surface area contributed by atoms with E-state index in [1.54, 1.807) is 0 Å². The average molecular weight is 339 g/mol. The summed E-state index contributed by atoms with van der Waals surface area (Å²) in [5, 5.41) is 10.9. The Morgan fingerprint density at radius 1 is 1.50 bits per heavy atom. The number of aromatic nitrogens is 1. The van der Waals surface area contributed by atoms with E-state index in [0.29, 0.717) is 0 Å². The fourth-order valence-electron chi connectivity index (χ4n) is 2.16. The molecule has 0 saturated carbocycles. The molecule has 24 heavy (non-hydrogen) atoms. The number of ether oxygens (including phenoxy) is 3. The number of hydrogen-bond donors (Lipinski definition) is 0. The molecule has 1 aromatic heterocycles. The number of fused-ring (bicyclic) bond motifs is 1. The van der Waals surface area contributed by atoms with E-state index in [1.165, 1.54) is 33.1 Å². The summed E-state index contributed by atoms with van der Waals surface area (Å²) in [7, 11) is 1.46. The molecule has 1 aliphatic heterocycles. The number of nitro groups is 1. The van der Waals surface area contributed by atoms with Crippen LogP contribution in [-0.4, -0.2) is 54.3 Å². The van der Waals surface area contributed by atoms with E-state index in [2.05, 4.69) is 4.98 Å². The molecule has 1 aliphatic rings. The fraction of sp³-hybridized carbons (Fsp3) is 0.500. The molecule has 10 heteroatoms. The van der Waals surface area contributed by atoms with E-state index in [9.17, 15) is 19.7 Å². The first-order valence-corrected chi connectivity index (χ1v) is 7.17. The SMILES string of the molecule is COCCOC(=O)C(C)N1C(=O)C(C)Oc2ccc([N+](=O)[O-])nc21. The molecule has 2 rings (SSSR count). The molecule has 130 valence electrons. The average Bonchev–Trinajstić information content (AvgIpc) is 2.55. The molecule has 0 N–H and O–H groups in total. The first-order valence-electron chi connectivity index (χ1n) is 7.17. The highest BCUT2D eigenvalue weighted by Gasteiger charge is 2.42. The topological polar surface area (TPSA) is 121 Å². The maximum atomic E-state index is 12.4. The van der Waals surface area contributed by atoms with Gasteiger partial charge in [0.05, 0.1) is 6.61 Å². The highest BCUT2D eigenvalue weighted by atomic mass is 16.6. The zero-order chi connectivity index (χ0) is 17.9. The normalized spacial score (nSPS) is 17.7. The highest BCUT2D eigenvalue weighted by Crippen LogP contribution is 2.35. The van der Waals surface area contributed by atoms with Crippen LogP contribution in [0.15, 0.2) is 12.1 Å². The van der Waals surface area contributed by atoms with Crippen LogP contribution in [0.4, 0.5) is 11.6 Å². The molecule has 10 nitrogen and oxygen atoms in total. The van der Waals surface area contributed by atoms with Gasteiger partial charge in [0.2, 0.25) is 0 Å². The van der Waals surface area contributed by atoms with Crippen LogP contribution in [-0.2, 0) is 19.1 Å². The molecule has 2 atom stereocenters. The molecule has 2 unspecified atom stereocenters. The Morgan fingerprint density at radius 3 is 2.83 bits per heavy atom. The molecule has 0 saturated heterocycles. The van der Waals surface area contributed by atoms with Crippen LogP contribution in [0, 0.1) is 10.1 Å². The van der Waals surface area contributed by atoms with Gasteiger partial charge in [-0.2, -0.15) is 0 Å². The number of hydrogen-bond acceptors (Lipinski definition) is 8. The molecule has 0 radical (unpaired) electrons. The second kappa shape index (κ2) is 7.21. The van der Waals surface area contributed by atoms with Crippen molar-refractivity contribution in [3.05, 3.63) is 22.2 Å². The monoisotopic (exact) mass is 339 g/mol. The number of nitrogens with zero attached hydrogens (tertiary/aromatic N) is 3. The predicted octanol–water partition coefficient (Wildman–Crippen LogP) is 0.682. The minimum Gasteiger partial charge on any atom is -0.475 e. The summed E-state index contributed by atoms with van der Waals surface area (Å²) in [5.41, 5.74) is 0. The number of pyridine rings is 1. The van der Waals surface area contributed by atoms with Gasteiger partial charge in [0.1, 0.15) is 12.6 Å². The number of anilines is 1. The molecular formula is C14H17N3O7. The van der Waals surface area contributed by atoms with Gasteiger partial charge in [-0.3, -0.25) is 9.69 Å². The van der Waals surface area contributed by atoms with Crippen LogP contribution in [0.5, 0.6) is 5.75 Å². The van der Waals surface area contributed by atoms with Crippen molar-refractivity contribution in [2.45, 2.75) is 26.0 Å². The summed E-state index contributed by atoms with van der Waals surface area (Å²) in [6.45, 7) is 3.22. The first kappa shape index (κ1) is 17.6. The highest BCUT2D eigenvalue weighted by molar-refractivity contribution is 6.03. The largest absolute Gasteiger partial charge is 0.475 e. The maximum Gasteiger partial charge on any atom is 0.366 e. The number of carbonyl (C=O) groups is 2. The number of methoxy groups -OCH3 is 1. The fourth-order valence-corrected chi connectivity index (χ4v) is 2.16. The molecule has 0 aromatic carbocycles. The van der Waals surface area contributed by atoms with Gasteiger partial charge in [-0.1, -0.05) is 0 Å². The summed E-state index contributed by atoms with van der Waals surface area (Å²) in [5.74, 6) is -1.56. The van der Waals surface area contributed by atoms with Crippen molar-refractivity contribution in [1.82, 2.24) is 4.98 Å². The van der Waals surface area contributed by atoms with E-state index in [1.807, 2.05) is 0 Å². The van der Waals surface area contributed by atoms with Gasteiger partial charge >= 0.3 is 11.8 Å². The summed E-state index contributed by atoms with van der Waals surface area (Å²) < 4.78 is 15.2. The molecule has 0 aliphatic carbocycles. The summed E-state index contributed by atoms with van der Waals surface area (Å²) in [4.78, 5) is 39.6. The van der Waals surface area contributed by atoms with E-state index in [0.717, 1.165) is 4.90 Å². The standard InChI is InChI=1S/C14H17N3O7/c1-8(14(19)23-7-6-22-3)16-12-10(24-9(2)13(16)18)4-5-11(15-12)17(20)21/h4-5,8-9H,6-7H2,1-3H3. The van der Waals surface area contributed by atoms with Crippen molar-refractivity contribution < 1.29 is 28.7 Å². The Hall–Kier alpha value is -2.75. The minimum atomic E-state index is -1.02. The van der Waals surface area contributed by atoms with Gasteiger partial charge in [0.25, 0.3) is 11.7 Å². The molecule has 0 spiro atoms.